The van der Waals surface area contributed by atoms with E-state index < -0.39 is 11.9 Å². The molecule has 108 valence electrons. The van der Waals surface area contributed by atoms with Crippen molar-refractivity contribution < 1.29 is 13.9 Å². The van der Waals surface area contributed by atoms with Crippen LogP contribution in [0.3, 0.4) is 0 Å². The molecule has 1 saturated carbocycles. The average molecular weight is 277 g/mol. The minimum absolute atomic E-state index is 0.123. The fourth-order valence-electron chi connectivity index (χ4n) is 3.45. The lowest BCUT2D eigenvalue weighted by Crippen LogP contribution is -2.55. The Bertz CT molecular complexity index is 566. The monoisotopic (exact) mass is 277 g/mol. The highest BCUT2D eigenvalue weighted by Crippen LogP contribution is 2.55. The Balaban J connectivity index is 2.23. The molecule has 4 heteroatoms. The van der Waals surface area contributed by atoms with Crippen LogP contribution in [0.4, 0.5) is 4.39 Å². The van der Waals surface area contributed by atoms with Gasteiger partial charge in [0.25, 0.3) is 5.91 Å². The SMILES string of the molecule is COC1(C(C)(C)C)c2ccccc2C(=O)N1[C@@H]1C[C@@H]1F. The van der Waals surface area contributed by atoms with Gasteiger partial charge in [0.1, 0.15) is 6.17 Å². The highest BCUT2D eigenvalue weighted by atomic mass is 19.1. The summed E-state index contributed by atoms with van der Waals surface area (Å²) in [7, 11) is 1.60. The number of hydrogen-bond donors (Lipinski definition) is 0. The lowest BCUT2D eigenvalue weighted by atomic mass is 9.78. The number of benzene rings is 1. The van der Waals surface area contributed by atoms with Crippen molar-refractivity contribution >= 4 is 5.91 Å². The molecule has 2 aliphatic rings. The van der Waals surface area contributed by atoms with Crippen LogP contribution in [0.2, 0.25) is 0 Å². The second kappa shape index (κ2) is 4.04. The van der Waals surface area contributed by atoms with E-state index in [1.165, 1.54) is 0 Å². The number of hydrogen-bond acceptors (Lipinski definition) is 2. The van der Waals surface area contributed by atoms with E-state index in [4.69, 9.17) is 4.74 Å². The van der Waals surface area contributed by atoms with E-state index >= 15 is 0 Å². The molecule has 3 atom stereocenters. The third-order valence-corrected chi connectivity index (χ3v) is 4.41. The Labute approximate surface area is 118 Å². The van der Waals surface area contributed by atoms with Gasteiger partial charge in [-0.05, 0) is 6.07 Å². The smallest absolute Gasteiger partial charge is 0.257 e. The zero-order valence-electron chi connectivity index (χ0n) is 12.3. The maximum atomic E-state index is 13.6. The Kier molecular flexibility index (Phi) is 2.74. The largest absolute Gasteiger partial charge is 0.354 e. The molecule has 0 radical (unpaired) electrons. The number of carbonyl (C=O) groups is 1. The molecule has 1 aromatic carbocycles. The van der Waals surface area contributed by atoms with Crippen LogP contribution in [0.15, 0.2) is 24.3 Å². The molecule has 1 fully saturated rings. The molecule has 1 aliphatic heterocycles. The zero-order valence-corrected chi connectivity index (χ0v) is 12.3. The fraction of sp³-hybridized carbons (Fsp3) is 0.562. The zero-order chi connectivity index (χ0) is 14.7. The summed E-state index contributed by atoms with van der Waals surface area (Å²) in [6.45, 7) is 6.07. The van der Waals surface area contributed by atoms with Crippen molar-refractivity contribution in [3.05, 3.63) is 35.4 Å². The number of rotatable bonds is 2. The summed E-state index contributed by atoms with van der Waals surface area (Å²) < 4.78 is 19.5. The summed E-state index contributed by atoms with van der Waals surface area (Å²) in [6, 6.07) is 7.08. The molecule has 1 amide bonds. The topological polar surface area (TPSA) is 29.5 Å². The summed E-state index contributed by atoms with van der Waals surface area (Å²) in [6.07, 6.45) is -0.536. The summed E-state index contributed by atoms with van der Waals surface area (Å²) in [5, 5.41) is 0. The van der Waals surface area contributed by atoms with E-state index in [0.29, 0.717) is 12.0 Å². The van der Waals surface area contributed by atoms with Gasteiger partial charge in [0, 0.05) is 30.1 Å². The minimum atomic E-state index is -0.940. The molecule has 0 spiro atoms. The van der Waals surface area contributed by atoms with Crippen molar-refractivity contribution in [2.24, 2.45) is 5.41 Å². The summed E-state index contributed by atoms with van der Waals surface area (Å²) >= 11 is 0. The number of amides is 1. The predicted molar refractivity (Wildman–Crippen MR) is 74.1 cm³/mol. The maximum Gasteiger partial charge on any atom is 0.257 e. The molecular formula is C16H20FNO2. The third kappa shape index (κ3) is 1.51. The molecule has 3 nitrogen and oxygen atoms in total. The van der Waals surface area contributed by atoms with Crippen LogP contribution in [0, 0.1) is 5.41 Å². The molecule has 1 unspecified atom stereocenters. The second-order valence-corrected chi connectivity index (χ2v) is 6.64. The van der Waals surface area contributed by atoms with Crippen LogP contribution in [0.5, 0.6) is 0 Å². The standard InChI is InChI=1S/C16H20FNO2/c1-15(2,3)16(20-4)11-8-6-5-7-10(11)14(19)18(16)13-9-12(13)17/h5-8,12-13H,9H2,1-4H3/t12-,13+,16?/m0/s1. The van der Waals surface area contributed by atoms with Crippen LogP contribution >= 0.6 is 0 Å². The Morgan fingerprint density at radius 3 is 2.45 bits per heavy atom. The van der Waals surface area contributed by atoms with E-state index in [1.807, 2.05) is 39.0 Å². The molecule has 1 aliphatic carbocycles. The van der Waals surface area contributed by atoms with Gasteiger partial charge in [0.05, 0.1) is 6.04 Å². The van der Waals surface area contributed by atoms with Crippen molar-refractivity contribution in [1.29, 1.82) is 0 Å². The van der Waals surface area contributed by atoms with Gasteiger partial charge in [0.2, 0.25) is 0 Å². The molecule has 20 heavy (non-hydrogen) atoms. The van der Waals surface area contributed by atoms with Gasteiger partial charge < -0.3 is 4.74 Å². The minimum Gasteiger partial charge on any atom is -0.354 e. The van der Waals surface area contributed by atoms with Crippen LogP contribution in [0.1, 0.15) is 43.1 Å². The van der Waals surface area contributed by atoms with E-state index in [0.717, 1.165) is 5.56 Å². The molecule has 0 N–H and O–H groups in total. The summed E-state index contributed by atoms with van der Waals surface area (Å²) in [5.74, 6) is -0.123. The molecule has 1 aromatic rings. The molecule has 3 rings (SSSR count). The van der Waals surface area contributed by atoms with E-state index in [1.54, 1.807) is 18.1 Å². The first-order valence-corrected chi connectivity index (χ1v) is 6.97. The molecule has 0 saturated heterocycles. The summed E-state index contributed by atoms with van der Waals surface area (Å²) in [5.41, 5.74) is 0.223. The van der Waals surface area contributed by atoms with Gasteiger partial charge in [-0.15, -0.1) is 0 Å². The average Bonchev–Trinajstić information content (AvgIpc) is 3.03. The molecule has 0 bridgehead atoms. The van der Waals surface area contributed by atoms with E-state index in [-0.39, 0.29) is 17.4 Å². The van der Waals surface area contributed by atoms with Gasteiger partial charge in [0.15, 0.2) is 5.72 Å². The lowest BCUT2D eigenvalue weighted by Gasteiger charge is -2.47. The molecular weight excluding hydrogens is 257 g/mol. The first-order chi connectivity index (χ1) is 9.34. The van der Waals surface area contributed by atoms with E-state index in [2.05, 4.69) is 0 Å². The highest BCUT2D eigenvalue weighted by Gasteiger charge is 2.63. The van der Waals surface area contributed by atoms with Crippen LogP contribution < -0.4 is 0 Å². The Morgan fingerprint density at radius 1 is 1.35 bits per heavy atom. The summed E-state index contributed by atoms with van der Waals surface area (Å²) in [4.78, 5) is 14.4. The fourth-order valence-corrected chi connectivity index (χ4v) is 3.45. The van der Waals surface area contributed by atoms with Gasteiger partial charge in [-0.3, -0.25) is 9.69 Å². The number of methoxy groups -OCH3 is 1. The van der Waals surface area contributed by atoms with Gasteiger partial charge in [-0.1, -0.05) is 39.0 Å². The number of halogens is 1. The van der Waals surface area contributed by atoms with E-state index in [9.17, 15) is 9.18 Å². The molecule has 1 heterocycles. The number of alkyl halides is 1. The van der Waals surface area contributed by atoms with Crippen LogP contribution in [-0.4, -0.2) is 30.1 Å². The number of ether oxygens (including phenoxy) is 1. The quantitative estimate of drug-likeness (QED) is 0.831. The first kappa shape index (κ1) is 13.6. The second-order valence-electron chi connectivity index (χ2n) is 6.64. The van der Waals surface area contributed by atoms with Gasteiger partial charge >= 0.3 is 0 Å². The van der Waals surface area contributed by atoms with Crippen molar-refractivity contribution in [2.75, 3.05) is 7.11 Å². The van der Waals surface area contributed by atoms with Crippen molar-refractivity contribution in [3.8, 4) is 0 Å². The third-order valence-electron chi connectivity index (χ3n) is 4.41. The predicted octanol–water partition coefficient (Wildman–Crippen LogP) is 3.10. The maximum absolute atomic E-state index is 13.6. The number of nitrogens with zero attached hydrogens (tertiary/aromatic N) is 1. The lowest BCUT2D eigenvalue weighted by molar-refractivity contribution is -0.187. The normalized spacial score (nSPS) is 32.5. The number of fused-ring (bicyclic) bond motifs is 1. The number of carbonyl (C=O) groups excluding carboxylic acids is 1. The Morgan fingerprint density at radius 2 is 1.95 bits per heavy atom. The van der Waals surface area contributed by atoms with Crippen molar-refractivity contribution in [2.45, 2.75) is 45.1 Å². The van der Waals surface area contributed by atoms with Crippen LogP contribution in [0.25, 0.3) is 0 Å². The molecule has 0 aromatic heterocycles. The van der Waals surface area contributed by atoms with Gasteiger partial charge in [-0.25, -0.2) is 4.39 Å². The van der Waals surface area contributed by atoms with Gasteiger partial charge in [-0.2, -0.15) is 0 Å². The van der Waals surface area contributed by atoms with Crippen LogP contribution in [-0.2, 0) is 10.5 Å². The first-order valence-electron chi connectivity index (χ1n) is 6.97. The Hall–Kier alpha value is -1.42. The van der Waals surface area contributed by atoms with Crippen molar-refractivity contribution in [1.82, 2.24) is 4.90 Å². The van der Waals surface area contributed by atoms with Crippen molar-refractivity contribution in [3.63, 3.8) is 0 Å². The highest BCUT2D eigenvalue weighted by molar-refractivity contribution is 6.00.